The maximum absolute atomic E-state index is 14.8. The summed E-state index contributed by atoms with van der Waals surface area (Å²) in [5.74, 6) is -0.947. The predicted octanol–water partition coefficient (Wildman–Crippen LogP) is 3.70. The van der Waals surface area contributed by atoms with Crippen molar-refractivity contribution >= 4 is 17.5 Å². The van der Waals surface area contributed by atoms with Gasteiger partial charge < -0.3 is 15.7 Å². The number of aryl methyl sites for hydroxylation is 1. The Morgan fingerprint density at radius 2 is 2.00 bits per heavy atom. The number of hydrogen-bond donors (Lipinski definition) is 3. The largest absolute Gasteiger partial charge is 0.507 e. The number of amides is 1. The number of nitrogens with one attached hydrogen (secondary N) is 2. The molecule has 1 aromatic rings. The normalized spacial score (nSPS) is 17.6. The van der Waals surface area contributed by atoms with Crippen molar-refractivity contribution in [3.63, 3.8) is 0 Å². The lowest BCUT2D eigenvalue weighted by molar-refractivity contribution is -0.129. The van der Waals surface area contributed by atoms with Crippen molar-refractivity contribution in [2.75, 3.05) is 13.1 Å². The number of aromatic hydroxyl groups is 1. The summed E-state index contributed by atoms with van der Waals surface area (Å²) in [5.41, 5.74) is -0.0390. The molecule has 1 aromatic carbocycles. The average Bonchev–Trinajstić information content (AvgIpc) is 2.51. The van der Waals surface area contributed by atoms with Crippen molar-refractivity contribution in [2.24, 2.45) is 11.3 Å². The molecule has 1 heterocycles. The Labute approximate surface area is 147 Å². The number of carbonyl (C=O) groups is 1. The van der Waals surface area contributed by atoms with Gasteiger partial charge in [-0.1, -0.05) is 32.4 Å². The molecule has 2 rings (SSSR count). The molecule has 0 bridgehead atoms. The van der Waals surface area contributed by atoms with E-state index < -0.39 is 17.3 Å². The van der Waals surface area contributed by atoms with Gasteiger partial charge in [-0.05, 0) is 50.4 Å². The van der Waals surface area contributed by atoms with E-state index in [4.69, 9.17) is 11.6 Å². The van der Waals surface area contributed by atoms with Crippen LogP contribution in [0.2, 0.25) is 5.02 Å². The maximum Gasteiger partial charge on any atom is 0.225 e. The van der Waals surface area contributed by atoms with Gasteiger partial charge in [-0.15, -0.1) is 0 Å². The maximum atomic E-state index is 14.8. The lowest BCUT2D eigenvalue weighted by atomic mass is 9.83. The van der Waals surface area contributed by atoms with Crippen LogP contribution in [0, 0.1) is 24.1 Å². The third-order valence-electron chi connectivity index (χ3n) is 4.54. The van der Waals surface area contributed by atoms with Gasteiger partial charge in [0.25, 0.3) is 0 Å². The highest BCUT2D eigenvalue weighted by molar-refractivity contribution is 6.31. The average molecular weight is 357 g/mol. The molecule has 1 amide bonds. The predicted molar refractivity (Wildman–Crippen MR) is 93.7 cm³/mol. The second-order valence-corrected chi connectivity index (χ2v) is 7.92. The number of carbonyl (C=O) groups excluding carboxylic acids is 1. The highest BCUT2D eigenvalue weighted by Gasteiger charge is 2.34. The number of benzene rings is 1. The van der Waals surface area contributed by atoms with Gasteiger partial charge in [0.05, 0.1) is 16.6 Å². The fraction of sp³-hybridized carbons (Fsp3) is 0.611. The summed E-state index contributed by atoms with van der Waals surface area (Å²) in [6, 6.07) is 0.856. The number of hydrogen-bond acceptors (Lipinski definition) is 3. The van der Waals surface area contributed by atoms with Crippen molar-refractivity contribution in [2.45, 2.75) is 46.6 Å². The molecular weight excluding hydrogens is 331 g/mol. The Kier molecular flexibility index (Phi) is 5.76. The van der Waals surface area contributed by atoms with E-state index in [-0.39, 0.29) is 28.2 Å². The van der Waals surface area contributed by atoms with Crippen LogP contribution in [0.5, 0.6) is 5.75 Å². The Morgan fingerprint density at radius 3 is 2.54 bits per heavy atom. The van der Waals surface area contributed by atoms with E-state index in [1.807, 2.05) is 0 Å². The second-order valence-electron chi connectivity index (χ2n) is 7.54. The van der Waals surface area contributed by atoms with Crippen molar-refractivity contribution < 1.29 is 14.3 Å². The van der Waals surface area contributed by atoms with Crippen LogP contribution in [0.1, 0.15) is 50.8 Å². The zero-order valence-electron chi connectivity index (χ0n) is 14.7. The van der Waals surface area contributed by atoms with E-state index in [9.17, 15) is 14.3 Å². The molecule has 0 spiro atoms. The minimum Gasteiger partial charge on any atom is -0.507 e. The fourth-order valence-corrected chi connectivity index (χ4v) is 3.16. The first-order chi connectivity index (χ1) is 11.1. The lowest BCUT2D eigenvalue weighted by Gasteiger charge is -2.34. The number of phenolic OH excluding ortho intramolecular Hbond substituents is 1. The molecule has 6 heteroatoms. The molecule has 1 atom stereocenters. The fourth-order valence-electron chi connectivity index (χ4n) is 3.01. The SMILES string of the molecule is Cc1cc(O)c(C(NC(=O)C(C)(C)C)C2CCNCC2)c(F)c1Cl. The van der Waals surface area contributed by atoms with Gasteiger partial charge in [0.1, 0.15) is 5.75 Å². The van der Waals surface area contributed by atoms with Crippen LogP contribution in [0.4, 0.5) is 4.39 Å². The van der Waals surface area contributed by atoms with Gasteiger partial charge in [0.2, 0.25) is 5.91 Å². The van der Waals surface area contributed by atoms with E-state index in [2.05, 4.69) is 10.6 Å². The summed E-state index contributed by atoms with van der Waals surface area (Å²) in [7, 11) is 0. The molecule has 134 valence electrons. The van der Waals surface area contributed by atoms with Crippen LogP contribution in [-0.4, -0.2) is 24.1 Å². The molecule has 0 aromatic heterocycles. The topological polar surface area (TPSA) is 61.4 Å². The lowest BCUT2D eigenvalue weighted by Crippen LogP contribution is -2.43. The van der Waals surface area contributed by atoms with E-state index >= 15 is 0 Å². The van der Waals surface area contributed by atoms with Gasteiger partial charge in [0.15, 0.2) is 5.82 Å². The Hall–Kier alpha value is -1.33. The highest BCUT2D eigenvalue weighted by atomic mass is 35.5. The van der Waals surface area contributed by atoms with Crippen LogP contribution in [-0.2, 0) is 4.79 Å². The Morgan fingerprint density at radius 1 is 1.42 bits per heavy atom. The number of piperidine rings is 1. The summed E-state index contributed by atoms with van der Waals surface area (Å²) in [6.45, 7) is 8.66. The van der Waals surface area contributed by atoms with Crippen LogP contribution in [0.25, 0.3) is 0 Å². The summed E-state index contributed by atoms with van der Waals surface area (Å²) < 4.78 is 14.8. The molecule has 1 unspecified atom stereocenters. The molecular formula is C18H26ClFN2O2. The zero-order valence-corrected chi connectivity index (χ0v) is 15.4. The third kappa shape index (κ3) is 4.01. The molecule has 0 radical (unpaired) electrons. The molecule has 3 N–H and O–H groups in total. The summed E-state index contributed by atoms with van der Waals surface area (Å²) in [4.78, 5) is 12.5. The zero-order chi connectivity index (χ0) is 18.1. The third-order valence-corrected chi connectivity index (χ3v) is 5.00. The number of phenols is 1. The van der Waals surface area contributed by atoms with Crippen LogP contribution < -0.4 is 10.6 Å². The molecule has 1 aliphatic rings. The van der Waals surface area contributed by atoms with Gasteiger partial charge >= 0.3 is 0 Å². The highest BCUT2D eigenvalue weighted by Crippen LogP contribution is 2.40. The van der Waals surface area contributed by atoms with E-state index in [0.717, 1.165) is 25.9 Å². The monoisotopic (exact) mass is 356 g/mol. The van der Waals surface area contributed by atoms with Crippen LogP contribution >= 0.6 is 11.6 Å². The molecule has 1 fully saturated rings. The van der Waals surface area contributed by atoms with Crippen molar-refractivity contribution in [3.05, 3.63) is 28.0 Å². The molecule has 1 aliphatic heterocycles. The smallest absolute Gasteiger partial charge is 0.225 e. The van der Waals surface area contributed by atoms with Crippen LogP contribution in [0.15, 0.2) is 6.07 Å². The van der Waals surface area contributed by atoms with E-state index in [1.165, 1.54) is 6.07 Å². The molecule has 0 aliphatic carbocycles. The Balaban J connectivity index is 2.46. The number of rotatable bonds is 3. The molecule has 24 heavy (non-hydrogen) atoms. The second kappa shape index (κ2) is 7.28. The minimum atomic E-state index is -0.646. The van der Waals surface area contributed by atoms with Gasteiger partial charge in [-0.3, -0.25) is 4.79 Å². The first kappa shape index (κ1) is 19.0. The Bertz CT molecular complexity index is 622. The van der Waals surface area contributed by atoms with Crippen LogP contribution in [0.3, 0.4) is 0 Å². The standard InChI is InChI=1S/C18H26ClFN2O2/c1-10-9-12(23)13(15(20)14(10)19)16(11-5-7-21-8-6-11)22-17(24)18(2,3)4/h9,11,16,21,23H,5-8H2,1-4H3,(H,22,24). The summed E-state index contributed by atoms with van der Waals surface area (Å²) >= 11 is 6.05. The van der Waals surface area contributed by atoms with E-state index in [0.29, 0.717) is 5.56 Å². The van der Waals surface area contributed by atoms with Gasteiger partial charge in [0, 0.05) is 5.41 Å². The van der Waals surface area contributed by atoms with Crippen molar-refractivity contribution in [3.8, 4) is 5.75 Å². The summed E-state index contributed by atoms with van der Waals surface area (Å²) in [6.07, 6.45) is 1.58. The van der Waals surface area contributed by atoms with Crippen molar-refractivity contribution in [1.82, 2.24) is 10.6 Å². The number of halogens is 2. The first-order valence-corrected chi connectivity index (χ1v) is 8.70. The van der Waals surface area contributed by atoms with Gasteiger partial charge in [-0.2, -0.15) is 0 Å². The minimum absolute atomic E-state index is 0.00765. The van der Waals surface area contributed by atoms with Crippen molar-refractivity contribution in [1.29, 1.82) is 0 Å². The summed E-state index contributed by atoms with van der Waals surface area (Å²) in [5, 5.41) is 16.5. The van der Waals surface area contributed by atoms with Gasteiger partial charge in [-0.25, -0.2) is 4.39 Å². The first-order valence-electron chi connectivity index (χ1n) is 8.32. The quantitative estimate of drug-likeness (QED) is 0.774. The molecule has 4 nitrogen and oxygen atoms in total. The molecule has 1 saturated heterocycles. The molecule has 0 saturated carbocycles. The van der Waals surface area contributed by atoms with E-state index in [1.54, 1.807) is 27.7 Å².